The maximum atomic E-state index is 9.58. The van der Waals surface area contributed by atoms with Gasteiger partial charge in [0.15, 0.2) is 0 Å². The lowest BCUT2D eigenvalue weighted by atomic mass is 9.94. The Bertz CT molecular complexity index is 3760. The lowest BCUT2D eigenvalue weighted by molar-refractivity contribution is 0.669. The van der Waals surface area contributed by atoms with Crippen LogP contribution in [-0.4, -0.2) is 15.0 Å². The second kappa shape index (κ2) is 16.3. The summed E-state index contributed by atoms with van der Waals surface area (Å²) in [5.74, 6) is 0. The number of pyridine rings is 3. The normalized spacial score (nSPS) is 17.8. The van der Waals surface area contributed by atoms with E-state index in [-0.39, 0.29) is 51.5 Å². The van der Waals surface area contributed by atoms with Crippen molar-refractivity contribution in [2.75, 3.05) is 0 Å². The number of hydrogen-bond acceptors (Lipinski definition) is 5. The zero-order chi connectivity index (χ0) is 56.1. The average molecular weight is 757 g/mol. The van der Waals surface area contributed by atoms with Crippen molar-refractivity contribution < 1.29 is 31.8 Å². The molecule has 0 atom stereocenters. The fourth-order valence-corrected chi connectivity index (χ4v) is 5.95. The van der Waals surface area contributed by atoms with Gasteiger partial charge in [-0.3, -0.25) is 15.0 Å². The molecule has 57 heavy (non-hydrogen) atoms. The van der Waals surface area contributed by atoms with Gasteiger partial charge in [0.25, 0.3) is 0 Å². The van der Waals surface area contributed by atoms with Gasteiger partial charge in [-0.05, 0) is 114 Å². The molecule has 0 fully saturated rings. The van der Waals surface area contributed by atoms with Gasteiger partial charge >= 0.3 is 0 Å². The van der Waals surface area contributed by atoms with Gasteiger partial charge in [0.2, 0.25) is 0 Å². The zero-order valence-electron chi connectivity index (χ0n) is 49.7. The molecule has 9 aromatic rings. The molecule has 0 spiro atoms. The number of aromatic nitrogens is 3. The van der Waals surface area contributed by atoms with Gasteiger partial charge < -0.3 is 4.42 Å². The van der Waals surface area contributed by atoms with Crippen molar-refractivity contribution in [3.63, 3.8) is 0 Å². The van der Waals surface area contributed by atoms with E-state index in [1.54, 1.807) is 78.9 Å². The summed E-state index contributed by atoms with van der Waals surface area (Å²) >= 11 is 0. The first-order chi connectivity index (χ1) is 36.0. The molecule has 0 saturated carbocycles. The SMILES string of the molecule is [2H]c1cc2c(oc3c(-c4ncc(C([2H])([2H])C([2H])([2H])c5cc(C([2H])([2H])C([2H])([2H])c6cnc(-c7ccccc7)c([2H])c6[2H])cc(C([2H])([2H])C([2H])([2H])c6cnc(-c7ccccc7)c([2H])c6[2H])c5)c([2H])c4[2H])cccc32)c([2H])c1C#N. The minimum atomic E-state index is -3.52. The van der Waals surface area contributed by atoms with E-state index in [9.17, 15) is 21.7 Å². The minimum absolute atomic E-state index is 0.0262. The number of furan rings is 1. The van der Waals surface area contributed by atoms with Crippen LogP contribution in [0.15, 0.2) is 174 Å². The summed E-state index contributed by atoms with van der Waals surface area (Å²) in [5.41, 5.74) is -4.71. The summed E-state index contributed by atoms with van der Waals surface area (Å²) in [7, 11) is 0. The number of rotatable bonds is 12. The predicted molar refractivity (Wildman–Crippen MR) is 230 cm³/mol. The van der Waals surface area contributed by atoms with Gasteiger partial charge in [0.05, 0.1) is 39.7 Å². The van der Waals surface area contributed by atoms with E-state index in [2.05, 4.69) is 15.0 Å². The number of para-hydroxylation sites is 1. The molecule has 0 amide bonds. The molecule has 5 aromatic carbocycles. The van der Waals surface area contributed by atoms with Crippen LogP contribution in [0.4, 0.5) is 0 Å². The Labute approximate surface area is 361 Å². The third kappa shape index (κ3) is 8.12. The number of fused-ring (bicyclic) bond motifs is 3. The standard InChI is InChI=1S/C52H40N4O/c53-32-42-20-24-45-46-12-7-13-47(52(46)57-51(45)31-42)50-27-23-38(35-56-50)16-19-41-29-39(17-14-36-21-25-48(54-33-36)43-8-3-1-4-9-43)28-40(30-41)18-15-37-22-26-49(55-34-37)44-10-5-2-6-11-44/h1-13,20-31,33-35H,14-19H2/i14D2,15D2,16D2,17D2,18D2,19D2,20D,21D,22D,23D,25D,26D,27D,31D. The summed E-state index contributed by atoms with van der Waals surface area (Å²) in [6.45, 7) is 0. The number of nitriles is 1. The van der Waals surface area contributed by atoms with Crippen molar-refractivity contribution in [1.82, 2.24) is 15.0 Å². The maximum Gasteiger partial charge on any atom is 0.144 e. The summed E-state index contributed by atoms with van der Waals surface area (Å²) < 4.78 is 189. The first kappa shape index (κ1) is 19.6. The molecule has 0 radical (unpaired) electrons. The van der Waals surface area contributed by atoms with E-state index < -0.39 is 108 Å². The summed E-state index contributed by atoms with van der Waals surface area (Å²) in [6.07, 6.45) is -18.1. The van der Waals surface area contributed by atoms with Crippen LogP contribution < -0.4 is 0 Å². The van der Waals surface area contributed by atoms with Gasteiger partial charge in [-0.15, -0.1) is 0 Å². The molecule has 5 heteroatoms. The van der Waals surface area contributed by atoms with Crippen LogP contribution >= 0.6 is 0 Å². The molecule has 0 aliphatic heterocycles. The first-order valence-electron chi connectivity index (χ1n) is 27.6. The van der Waals surface area contributed by atoms with Crippen LogP contribution in [0.2, 0.25) is 0 Å². The Morgan fingerprint density at radius 3 is 1.53 bits per heavy atom. The molecule has 0 bridgehead atoms. The Balaban J connectivity index is 1.20. The summed E-state index contributed by atoms with van der Waals surface area (Å²) in [6, 6.07) is 21.3. The molecule has 4 aromatic heterocycles. The topological polar surface area (TPSA) is 75.6 Å². The highest BCUT2D eigenvalue weighted by Gasteiger charge is 2.14. The Morgan fingerprint density at radius 2 is 1.00 bits per heavy atom. The van der Waals surface area contributed by atoms with E-state index >= 15 is 0 Å². The van der Waals surface area contributed by atoms with Crippen LogP contribution in [-0.2, 0) is 38.2 Å². The third-order valence-electron chi connectivity index (χ3n) is 8.69. The number of aryl methyl sites for hydroxylation is 6. The smallest absolute Gasteiger partial charge is 0.144 e. The predicted octanol–water partition coefficient (Wildman–Crippen LogP) is 12.0. The van der Waals surface area contributed by atoms with E-state index in [0.717, 1.165) is 18.6 Å². The Kier molecular flexibility index (Phi) is 5.61. The van der Waals surface area contributed by atoms with Gasteiger partial charge in [-0.2, -0.15) is 5.26 Å². The molecular weight excluding hydrogens is 697 g/mol. The van der Waals surface area contributed by atoms with Gasteiger partial charge in [0, 0.05) is 62.5 Å². The summed E-state index contributed by atoms with van der Waals surface area (Å²) in [5, 5.41) is 10.2. The lowest BCUT2D eigenvalue weighted by Crippen LogP contribution is -2.00. The molecule has 5 nitrogen and oxygen atoms in total. The second-order valence-electron chi connectivity index (χ2n) is 12.5. The molecule has 0 N–H and O–H groups in total. The number of benzene rings is 5. The van der Waals surface area contributed by atoms with E-state index in [1.165, 1.54) is 12.1 Å². The van der Waals surface area contributed by atoms with Crippen LogP contribution in [0.5, 0.6) is 0 Å². The molecule has 274 valence electrons. The average Bonchev–Trinajstić information content (AvgIpc) is 3.79. The quantitative estimate of drug-likeness (QED) is 0.124. The Morgan fingerprint density at radius 1 is 0.509 bits per heavy atom. The molecule has 0 unspecified atom stereocenters. The zero-order valence-corrected chi connectivity index (χ0v) is 29.7. The van der Waals surface area contributed by atoms with Crippen LogP contribution in [0, 0.1) is 11.3 Å². The first-order valence-corrected chi connectivity index (χ1v) is 17.6. The van der Waals surface area contributed by atoms with E-state index in [1.807, 2.05) is 0 Å². The lowest BCUT2D eigenvalue weighted by Gasteiger charge is -2.12. The second-order valence-corrected chi connectivity index (χ2v) is 12.5. The highest BCUT2D eigenvalue weighted by Crippen LogP contribution is 2.35. The van der Waals surface area contributed by atoms with E-state index in [4.69, 9.17) is 15.4 Å². The monoisotopic (exact) mass is 756 g/mol. The molecular formula is C52H40N4O. The molecule has 0 aliphatic carbocycles. The van der Waals surface area contributed by atoms with Crippen LogP contribution in [0.25, 0.3) is 55.7 Å². The van der Waals surface area contributed by atoms with Crippen molar-refractivity contribution >= 4 is 21.9 Å². The molecule has 4 heterocycles. The largest absolute Gasteiger partial charge is 0.455 e. The van der Waals surface area contributed by atoms with Gasteiger partial charge in [0.1, 0.15) is 11.2 Å². The van der Waals surface area contributed by atoms with E-state index in [0.29, 0.717) is 40.1 Å². The third-order valence-corrected chi connectivity index (χ3v) is 8.69. The Hall–Kier alpha value is -7.16. The van der Waals surface area contributed by atoms with Crippen LogP contribution in [0.3, 0.4) is 0 Å². The fraction of sp³-hybridized carbons (Fsp3) is 0.115. The van der Waals surface area contributed by atoms with Crippen molar-refractivity contribution in [3.05, 3.63) is 209 Å². The van der Waals surface area contributed by atoms with Crippen molar-refractivity contribution in [1.29, 1.82) is 5.26 Å². The van der Waals surface area contributed by atoms with Crippen LogP contribution in [0.1, 0.15) is 66.4 Å². The molecule has 0 aliphatic rings. The highest BCUT2D eigenvalue weighted by molar-refractivity contribution is 6.09. The number of nitrogens with zero attached hydrogens (tertiary/aromatic N) is 4. The highest BCUT2D eigenvalue weighted by atomic mass is 16.3. The fourth-order valence-electron chi connectivity index (χ4n) is 5.95. The summed E-state index contributed by atoms with van der Waals surface area (Å²) in [4.78, 5) is 12.7. The van der Waals surface area contributed by atoms with Gasteiger partial charge in [-0.25, -0.2) is 0 Å². The molecule has 0 saturated heterocycles. The van der Waals surface area contributed by atoms with Crippen molar-refractivity contribution in [2.24, 2.45) is 0 Å². The maximum absolute atomic E-state index is 9.58. The van der Waals surface area contributed by atoms with Crippen molar-refractivity contribution in [3.8, 4) is 39.8 Å². The number of hydrogen-bond donors (Lipinski definition) is 0. The van der Waals surface area contributed by atoms with Gasteiger partial charge in [-0.1, -0.05) is 109 Å². The minimum Gasteiger partial charge on any atom is -0.455 e. The van der Waals surface area contributed by atoms with Crippen molar-refractivity contribution in [2.45, 2.75) is 38.2 Å². The molecule has 9 rings (SSSR count).